The van der Waals surface area contributed by atoms with E-state index in [1.54, 1.807) is 6.92 Å². The van der Waals surface area contributed by atoms with Crippen LogP contribution < -0.4 is 0 Å². The minimum atomic E-state index is -4.40. The second-order valence-corrected chi connectivity index (χ2v) is 17.8. The summed E-state index contributed by atoms with van der Waals surface area (Å²) in [6, 6.07) is 0. The van der Waals surface area contributed by atoms with E-state index in [1.807, 2.05) is 40.7 Å². The van der Waals surface area contributed by atoms with Crippen LogP contribution in [0.4, 0.5) is 13.2 Å². The molecule has 1 aliphatic rings. The minimum absolute atomic E-state index is 0.00138. The Hall–Kier alpha value is -1.67. The quantitative estimate of drug-likeness (QED) is 0.145. The Morgan fingerprint density at radius 3 is 2.13 bits per heavy atom. The molecule has 0 saturated carbocycles. The van der Waals surface area contributed by atoms with E-state index in [2.05, 4.69) is 40.4 Å². The van der Waals surface area contributed by atoms with Crippen LogP contribution in [-0.2, 0) is 18.8 Å². The molecule has 4 nitrogen and oxygen atoms in total. The van der Waals surface area contributed by atoms with Crippen molar-refractivity contribution >= 4 is 20.1 Å². The highest BCUT2D eigenvalue weighted by Gasteiger charge is 2.46. The molecule has 0 bridgehead atoms. The van der Waals surface area contributed by atoms with Gasteiger partial charge in [0.25, 0.3) is 0 Å². The third-order valence-corrected chi connectivity index (χ3v) is 13.2. The van der Waals surface area contributed by atoms with Crippen molar-refractivity contribution in [1.82, 2.24) is 0 Å². The van der Waals surface area contributed by atoms with Crippen molar-refractivity contribution in [1.29, 1.82) is 0 Å². The van der Waals surface area contributed by atoms with Crippen molar-refractivity contribution in [2.45, 2.75) is 118 Å². The van der Waals surface area contributed by atoms with E-state index in [9.17, 15) is 22.8 Å². The molecule has 0 aromatic carbocycles. The molecule has 0 heterocycles. The topological polar surface area (TPSA) is 52.6 Å². The van der Waals surface area contributed by atoms with Crippen molar-refractivity contribution in [3.05, 3.63) is 36.0 Å². The predicted octanol–water partition coefficient (Wildman–Crippen LogP) is 8.60. The van der Waals surface area contributed by atoms with Crippen LogP contribution in [0, 0.1) is 23.2 Å². The van der Waals surface area contributed by atoms with E-state index in [1.165, 1.54) is 6.08 Å². The zero-order valence-electron chi connectivity index (χ0n) is 25.2. The van der Waals surface area contributed by atoms with Gasteiger partial charge in [-0.2, -0.15) is 13.2 Å². The Morgan fingerprint density at radius 1 is 1.11 bits per heavy atom. The maximum atomic E-state index is 13.8. The molecule has 0 unspecified atom stereocenters. The van der Waals surface area contributed by atoms with Gasteiger partial charge in [0.05, 0.1) is 6.10 Å². The molecule has 0 radical (unpaired) electrons. The Kier molecular flexibility index (Phi) is 11.5. The molecule has 1 aliphatic carbocycles. The SMILES string of the molecule is C=C[C@H](C)[C@H](O[Si](C)(C)C(C)(C)C)[C@@H](C)C(=O)C(C)(C)[C@@H](C)CC(=O)O[C@H]1CC=C(C(F)(F)F)CC=C1C. The lowest BCUT2D eigenvalue weighted by Crippen LogP contribution is -2.50. The van der Waals surface area contributed by atoms with Gasteiger partial charge in [-0.05, 0) is 48.9 Å². The molecule has 1 rings (SSSR count). The lowest BCUT2D eigenvalue weighted by molar-refractivity contribution is -0.150. The lowest BCUT2D eigenvalue weighted by Gasteiger charge is -2.43. The second kappa shape index (κ2) is 12.7. The molecule has 0 N–H and O–H groups in total. The van der Waals surface area contributed by atoms with Crippen LogP contribution in [0.3, 0.4) is 0 Å². The summed E-state index contributed by atoms with van der Waals surface area (Å²) in [5, 5.41) is -0.0257. The summed E-state index contributed by atoms with van der Waals surface area (Å²) in [6.45, 7) is 25.8. The maximum Gasteiger partial charge on any atom is 0.412 e. The van der Waals surface area contributed by atoms with E-state index in [-0.39, 0.29) is 48.0 Å². The number of hydrogen-bond acceptors (Lipinski definition) is 4. The van der Waals surface area contributed by atoms with Gasteiger partial charge in [-0.1, -0.05) is 73.6 Å². The maximum absolute atomic E-state index is 13.8. The van der Waals surface area contributed by atoms with E-state index in [0.717, 1.165) is 6.08 Å². The Labute approximate surface area is 229 Å². The average molecular weight is 559 g/mol. The number of Topliss-reactive ketones (excluding diaryl/α,β-unsaturated/α-hetero) is 1. The summed E-state index contributed by atoms with van der Waals surface area (Å²) in [7, 11) is -2.18. The van der Waals surface area contributed by atoms with Gasteiger partial charge < -0.3 is 9.16 Å². The Morgan fingerprint density at radius 2 is 1.66 bits per heavy atom. The van der Waals surface area contributed by atoms with Crippen LogP contribution in [0.5, 0.6) is 0 Å². The van der Waals surface area contributed by atoms with Crippen LogP contribution in [0.1, 0.15) is 81.6 Å². The summed E-state index contributed by atoms with van der Waals surface area (Å²) >= 11 is 0. The van der Waals surface area contributed by atoms with Crippen molar-refractivity contribution in [3.8, 4) is 0 Å². The molecule has 0 fully saturated rings. The standard InChI is InChI=1S/C30H49F3O4Si/c1-13-19(2)26(37-38(11,12)28(6,7)8)22(5)27(35)29(9,10)21(4)18-25(34)36-24-17-16-23(30(31,32)33)15-14-20(24)3/h13-14,16,19,21-22,24,26H,1,15,17-18H2,2-12H3/t19-,21-,22+,24-,26-/m0/s1. The molecule has 5 atom stereocenters. The van der Waals surface area contributed by atoms with E-state index in [4.69, 9.17) is 9.16 Å². The van der Waals surface area contributed by atoms with Gasteiger partial charge in [0.15, 0.2) is 8.32 Å². The molecule has 38 heavy (non-hydrogen) atoms. The number of ether oxygens (including phenoxy) is 1. The summed E-state index contributed by atoms with van der Waals surface area (Å²) < 4.78 is 51.6. The molecule has 8 heteroatoms. The van der Waals surface area contributed by atoms with E-state index in [0.29, 0.717) is 5.57 Å². The lowest BCUT2D eigenvalue weighted by atomic mass is 9.69. The molecular weight excluding hydrogens is 509 g/mol. The third kappa shape index (κ3) is 8.67. The number of esters is 1. The number of carbonyl (C=O) groups is 2. The highest BCUT2D eigenvalue weighted by Crippen LogP contribution is 2.41. The summed E-state index contributed by atoms with van der Waals surface area (Å²) in [4.78, 5) is 26.7. The van der Waals surface area contributed by atoms with Crippen molar-refractivity contribution < 1.29 is 31.9 Å². The fraction of sp³-hybridized carbons (Fsp3) is 0.733. The first kappa shape index (κ1) is 34.4. The third-order valence-electron chi connectivity index (χ3n) is 8.74. The number of halogens is 3. The Bertz CT molecular complexity index is 925. The van der Waals surface area contributed by atoms with Gasteiger partial charge in [-0.3, -0.25) is 9.59 Å². The molecule has 0 aromatic heterocycles. The van der Waals surface area contributed by atoms with Crippen molar-refractivity contribution in [3.63, 3.8) is 0 Å². The summed E-state index contributed by atoms with van der Waals surface area (Å²) in [5.41, 5.74) is -0.895. The first-order valence-corrected chi connectivity index (χ1v) is 16.4. The highest BCUT2D eigenvalue weighted by molar-refractivity contribution is 6.74. The average Bonchev–Trinajstić information content (AvgIpc) is 2.96. The molecule has 0 amide bonds. The fourth-order valence-corrected chi connectivity index (χ4v) is 5.75. The minimum Gasteiger partial charge on any atom is -0.457 e. The summed E-state index contributed by atoms with van der Waals surface area (Å²) in [5.74, 6) is -1.35. The molecule has 0 spiro atoms. The fourth-order valence-electron chi connectivity index (χ4n) is 4.30. The van der Waals surface area contributed by atoms with Gasteiger partial charge in [0.1, 0.15) is 11.9 Å². The molecule has 0 aliphatic heterocycles. The van der Waals surface area contributed by atoms with Crippen LogP contribution in [0.2, 0.25) is 18.1 Å². The second-order valence-electron chi connectivity index (χ2n) is 13.0. The molecule has 0 aromatic rings. The molecule has 218 valence electrons. The number of ketones is 1. The number of rotatable bonds is 11. The van der Waals surface area contributed by atoms with Gasteiger partial charge in [-0.15, -0.1) is 6.58 Å². The predicted molar refractivity (Wildman–Crippen MR) is 150 cm³/mol. The largest absolute Gasteiger partial charge is 0.457 e. The van der Waals surface area contributed by atoms with Crippen LogP contribution >= 0.6 is 0 Å². The number of alkyl halides is 3. The van der Waals surface area contributed by atoms with Gasteiger partial charge in [-0.25, -0.2) is 0 Å². The molecular formula is C30H49F3O4Si. The van der Waals surface area contributed by atoms with Crippen molar-refractivity contribution in [2.24, 2.45) is 23.2 Å². The van der Waals surface area contributed by atoms with E-state index < -0.39 is 43.5 Å². The van der Waals surface area contributed by atoms with Gasteiger partial charge in [0, 0.05) is 29.7 Å². The zero-order chi connectivity index (χ0) is 29.9. The van der Waals surface area contributed by atoms with Crippen LogP contribution in [0.25, 0.3) is 0 Å². The van der Waals surface area contributed by atoms with Crippen LogP contribution in [-0.4, -0.2) is 38.5 Å². The highest BCUT2D eigenvalue weighted by atomic mass is 28.4. The first-order valence-electron chi connectivity index (χ1n) is 13.5. The Balaban J connectivity index is 3.01. The van der Waals surface area contributed by atoms with Crippen molar-refractivity contribution in [2.75, 3.05) is 0 Å². The monoisotopic (exact) mass is 558 g/mol. The number of allylic oxidation sites excluding steroid dienone is 2. The van der Waals surface area contributed by atoms with Gasteiger partial charge >= 0.3 is 12.1 Å². The van der Waals surface area contributed by atoms with E-state index >= 15 is 0 Å². The number of carbonyl (C=O) groups excluding carboxylic acids is 2. The van der Waals surface area contributed by atoms with Gasteiger partial charge in [0.2, 0.25) is 0 Å². The van der Waals surface area contributed by atoms with Crippen LogP contribution in [0.15, 0.2) is 36.0 Å². The summed E-state index contributed by atoms with van der Waals surface area (Å²) in [6.07, 6.45) is -1.38. The normalized spacial score (nSPS) is 20.8. The zero-order valence-corrected chi connectivity index (χ0v) is 26.2. The molecule has 0 saturated heterocycles. The smallest absolute Gasteiger partial charge is 0.412 e. The number of hydrogen-bond donors (Lipinski definition) is 0. The first-order chi connectivity index (χ1) is 17.1.